The zero-order chi connectivity index (χ0) is 31.9. The summed E-state index contributed by atoms with van der Waals surface area (Å²) in [6, 6.07) is 8.63. The van der Waals surface area contributed by atoms with Crippen LogP contribution in [-0.2, 0) is 27.8 Å². The number of ether oxygens (including phenoxy) is 3. The summed E-state index contributed by atoms with van der Waals surface area (Å²) in [6.07, 6.45) is -3.87. The molecule has 3 unspecified atom stereocenters. The number of hydrogen-bond acceptors (Lipinski definition) is 14. The predicted octanol–water partition coefficient (Wildman–Crippen LogP) is -0.319. The third-order valence-corrected chi connectivity index (χ3v) is 8.65. The van der Waals surface area contributed by atoms with Crippen LogP contribution in [-0.4, -0.2) is 95.0 Å². The minimum atomic E-state index is -4.84. The Morgan fingerprint density at radius 3 is 2.64 bits per heavy atom. The first-order valence-corrected chi connectivity index (χ1v) is 15.2. The van der Waals surface area contributed by atoms with Gasteiger partial charge in [0.25, 0.3) is 5.56 Å². The number of phosphoric ester groups is 1. The van der Waals surface area contributed by atoms with Crippen LogP contribution < -0.4 is 17.0 Å². The van der Waals surface area contributed by atoms with E-state index in [2.05, 4.69) is 19.9 Å². The molecule has 3 aromatic heterocycles. The Labute approximate surface area is 253 Å². The molecule has 0 spiro atoms. The quantitative estimate of drug-likeness (QED) is 0.138. The second-order valence-corrected chi connectivity index (χ2v) is 11.8. The van der Waals surface area contributed by atoms with E-state index in [4.69, 9.17) is 29.0 Å². The Morgan fingerprint density at radius 2 is 1.91 bits per heavy atom. The third-order valence-electron chi connectivity index (χ3n) is 7.64. The number of nitrogens with zero attached hydrogens (tertiary/aromatic N) is 5. The molecule has 0 radical (unpaired) electrons. The number of aliphatic hydroxyl groups excluding tert-OH is 2. The molecule has 0 bridgehead atoms. The van der Waals surface area contributed by atoms with E-state index in [9.17, 15) is 29.3 Å². The molecule has 2 aliphatic heterocycles. The summed E-state index contributed by atoms with van der Waals surface area (Å²) in [7, 11) is -3.49. The molecule has 0 aliphatic carbocycles. The summed E-state index contributed by atoms with van der Waals surface area (Å²) in [4.78, 5) is 50.2. The zero-order valence-electron chi connectivity index (χ0n) is 23.6. The average molecular weight is 648 g/mol. The van der Waals surface area contributed by atoms with E-state index < -0.39 is 75.3 Å². The van der Waals surface area contributed by atoms with E-state index in [-0.39, 0.29) is 17.8 Å². The topological polar surface area (TPSA) is 248 Å². The molecule has 0 saturated carbocycles. The number of hydrogen-bond donors (Lipinski definition) is 5. The largest absolute Gasteiger partial charge is 0.472 e. The molecule has 8 atom stereocenters. The molecule has 6 rings (SSSR count). The highest BCUT2D eigenvalue weighted by atomic mass is 31.2. The zero-order valence-corrected chi connectivity index (χ0v) is 24.5. The van der Waals surface area contributed by atoms with Crippen LogP contribution in [0.1, 0.15) is 18.9 Å². The summed E-state index contributed by atoms with van der Waals surface area (Å²) in [5.74, 6) is 0.144. The standard InChI is InChI=1S/C26H30N7O11P/c1-40-21-20(35)17(43-25(21)33-12-30-19-22(27)28-11-29-23(19)33)10-41-45(38,39)44-15-7-18(42-16(15)9-34)32-8-14(24(36)31-26(32)37)13-5-3-2-4-6-13/h2-6,8,11-12,15-18,20-21,25,34-35H,7,9-10H2,1H3,(H,38,39)(H2,27,28,29)(H,31,36,37)/t15?,16-,17-,18-,20?,21+,25-/m1/s1. The van der Waals surface area contributed by atoms with E-state index in [0.717, 1.165) is 4.57 Å². The molecule has 5 heterocycles. The van der Waals surface area contributed by atoms with Gasteiger partial charge in [0.15, 0.2) is 17.7 Å². The van der Waals surface area contributed by atoms with Gasteiger partial charge < -0.3 is 35.1 Å². The summed E-state index contributed by atoms with van der Waals surface area (Å²) < 4.78 is 43.3. The summed E-state index contributed by atoms with van der Waals surface area (Å²) in [6.45, 7) is -1.20. The van der Waals surface area contributed by atoms with Crippen LogP contribution in [0.5, 0.6) is 0 Å². The molecule has 45 heavy (non-hydrogen) atoms. The van der Waals surface area contributed by atoms with Gasteiger partial charge >= 0.3 is 13.5 Å². The molecule has 240 valence electrons. The number of aromatic nitrogens is 6. The van der Waals surface area contributed by atoms with Crippen molar-refractivity contribution in [2.45, 2.75) is 49.4 Å². The molecule has 1 aromatic carbocycles. The highest BCUT2D eigenvalue weighted by molar-refractivity contribution is 7.47. The monoisotopic (exact) mass is 647 g/mol. The van der Waals surface area contributed by atoms with Crippen molar-refractivity contribution in [3.8, 4) is 11.1 Å². The van der Waals surface area contributed by atoms with E-state index >= 15 is 0 Å². The Hall–Kier alpha value is -3.84. The summed E-state index contributed by atoms with van der Waals surface area (Å²) in [5.41, 5.74) is 5.87. The van der Waals surface area contributed by atoms with Crippen molar-refractivity contribution in [2.75, 3.05) is 26.1 Å². The van der Waals surface area contributed by atoms with Gasteiger partial charge in [-0.1, -0.05) is 30.3 Å². The van der Waals surface area contributed by atoms with Gasteiger partial charge in [0, 0.05) is 19.7 Å². The second kappa shape index (κ2) is 12.5. The molecular formula is C26H30N7O11P. The van der Waals surface area contributed by atoms with Crippen molar-refractivity contribution in [2.24, 2.45) is 0 Å². The number of fused-ring (bicyclic) bond motifs is 1. The first-order chi connectivity index (χ1) is 21.6. The Bertz CT molecular complexity index is 1830. The maximum Gasteiger partial charge on any atom is 0.472 e. The van der Waals surface area contributed by atoms with Crippen LogP contribution >= 0.6 is 7.82 Å². The molecule has 6 N–H and O–H groups in total. The minimum Gasteiger partial charge on any atom is -0.394 e. The fourth-order valence-electron chi connectivity index (χ4n) is 5.43. The number of aliphatic hydroxyl groups is 2. The SMILES string of the molecule is CO[C@H]1C(O)[C@@H](COP(=O)(O)OC2C[C@H](n3cc(-c4ccccc4)c(=O)[nH]c3=O)O[C@@H]2CO)O[C@H]1n1cnc2c(N)ncnc21. The molecule has 2 saturated heterocycles. The van der Waals surface area contributed by atoms with Crippen molar-refractivity contribution >= 4 is 24.8 Å². The van der Waals surface area contributed by atoms with E-state index in [1.807, 2.05) is 0 Å². The van der Waals surface area contributed by atoms with Crippen LogP contribution in [0, 0.1) is 0 Å². The first-order valence-electron chi connectivity index (χ1n) is 13.7. The van der Waals surface area contributed by atoms with Gasteiger partial charge in [-0.3, -0.25) is 28.0 Å². The second-order valence-electron chi connectivity index (χ2n) is 10.4. The number of nitrogens with two attached hydrogens (primary N) is 1. The van der Waals surface area contributed by atoms with E-state index in [1.54, 1.807) is 30.3 Å². The summed E-state index contributed by atoms with van der Waals surface area (Å²) in [5, 5.41) is 20.8. The van der Waals surface area contributed by atoms with Crippen LogP contribution in [0.4, 0.5) is 5.82 Å². The normalized spacial score (nSPS) is 28.0. The number of nitrogen functional groups attached to an aromatic ring is 1. The van der Waals surface area contributed by atoms with Gasteiger partial charge in [-0.25, -0.2) is 24.3 Å². The first kappa shape index (κ1) is 31.2. The van der Waals surface area contributed by atoms with Crippen LogP contribution in [0.25, 0.3) is 22.3 Å². The number of imidazole rings is 1. The third kappa shape index (κ3) is 6.07. The van der Waals surface area contributed by atoms with E-state index in [0.29, 0.717) is 16.7 Å². The molecule has 18 nitrogen and oxygen atoms in total. The van der Waals surface area contributed by atoms with Crippen LogP contribution in [0.15, 0.2) is 58.8 Å². The molecular weight excluding hydrogens is 617 g/mol. The number of benzene rings is 1. The van der Waals surface area contributed by atoms with Crippen LogP contribution in [0.3, 0.4) is 0 Å². The van der Waals surface area contributed by atoms with Crippen molar-refractivity contribution in [3.05, 3.63) is 70.0 Å². The Kier molecular flexibility index (Phi) is 8.66. The number of phosphoric acid groups is 1. The fraction of sp³-hybridized carbons (Fsp3) is 0.423. The lowest BCUT2D eigenvalue weighted by Gasteiger charge is -2.21. The lowest BCUT2D eigenvalue weighted by atomic mass is 10.1. The van der Waals surface area contributed by atoms with Crippen molar-refractivity contribution in [1.29, 1.82) is 0 Å². The number of rotatable bonds is 10. The number of anilines is 1. The highest BCUT2D eigenvalue weighted by Gasteiger charge is 2.47. The van der Waals surface area contributed by atoms with Gasteiger partial charge in [-0.05, 0) is 5.56 Å². The molecule has 0 amide bonds. The van der Waals surface area contributed by atoms with Gasteiger partial charge in [0.2, 0.25) is 0 Å². The van der Waals surface area contributed by atoms with Gasteiger partial charge in [-0.2, -0.15) is 0 Å². The number of aromatic amines is 1. The summed E-state index contributed by atoms with van der Waals surface area (Å²) >= 11 is 0. The van der Waals surface area contributed by atoms with Gasteiger partial charge in [0.05, 0.1) is 25.1 Å². The maximum absolute atomic E-state index is 13.0. The number of H-pyrrole nitrogens is 1. The van der Waals surface area contributed by atoms with Gasteiger partial charge in [-0.15, -0.1) is 0 Å². The molecule has 2 fully saturated rings. The molecule has 4 aromatic rings. The maximum atomic E-state index is 13.0. The van der Waals surface area contributed by atoms with Crippen LogP contribution in [0.2, 0.25) is 0 Å². The van der Waals surface area contributed by atoms with Gasteiger partial charge in [0.1, 0.15) is 48.6 Å². The smallest absolute Gasteiger partial charge is 0.394 e. The van der Waals surface area contributed by atoms with Crippen molar-refractivity contribution < 1.29 is 42.9 Å². The Morgan fingerprint density at radius 1 is 1.13 bits per heavy atom. The fourth-order valence-corrected chi connectivity index (χ4v) is 6.39. The van der Waals surface area contributed by atoms with Crippen molar-refractivity contribution in [1.82, 2.24) is 29.1 Å². The van der Waals surface area contributed by atoms with E-state index in [1.165, 1.54) is 30.5 Å². The Balaban J connectivity index is 1.14. The minimum absolute atomic E-state index is 0.144. The molecule has 2 aliphatic rings. The number of methoxy groups -OCH3 is 1. The number of nitrogens with one attached hydrogen (secondary N) is 1. The van der Waals surface area contributed by atoms with Crippen molar-refractivity contribution in [3.63, 3.8) is 0 Å². The molecule has 19 heteroatoms. The lowest BCUT2D eigenvalue weighted by Crippen LogP contribution is -2.35. The average Bonchev–Trinajstić information content (AvgIpc) is 3.71. The lowest BCUT2D eigenvalue weighted by molar-refractivity contribution is -0.0627. The highest BCUT2D eigenvalue weighted by Crippen LogP contribution is 2.49. The predicted molar refractivity (Wildman–Crippen MR) is 153 cm³/mol.